The Morgan fingerprint density at radius 2 is 2.04 bits per heavy atom. The Bertz CT molecular complexity index is 514. The van der Waals surface area contributed by atoms with Gasteiger partial charge in [0.05, 0.1) is 19.1 Å². The molecule has 1 atom stereocenters. The summed E-state index contributed by atoms with van der Waals surface area (Å²) in [6.07, 6.45) is 9.43. The van der Waals surface area contributed by atoms with E-state index in [4.69, 9.17) is 4.74 Å². The van der Waals surface area contributed by atoms with E-state index < -0.39 is 0 Å². The van der Waals surface area contributed by atoms with Crippen LogP contribution in [0.1, 0.15) is 44.9 Å². The molecule has 3 aliphatic rings. The number of hydrogen-bond acceptors (Lipinski definition) is 4. The lowest BCUT2D eigenvalue weighted by Gasteiger charge is -2.34. The van der Waals surface area contributed by atoms with Gasteiger partial charge < -0.3 is 15.0 Å². The molecule has 0 bridgehead atoms. The summed E-state index contributed by atoms with van der Waals surface area (Å²) >= 11 is 0. The zero-order chi connectivity index (χ0) is 18.2. The number of nitrogens with zero attached hydrogens (tertiary/aromatic N) is 2. The molecule has 0 aromatic rings. The summed E-state index contributed by atoms with van der Waals surface area (Å²) in [6, 6.07) is 0. The van der Waals surface area contributed by atoms with Crippen molar-refractivity contribution in [3.63, 3.8) is 0 Å². The predicted molar refractivity (Wildman–Crippen MR) is 101 cm³/mol. The number of piperidine rings is 1. The van der Waals surface area contributed by atoms with Crippen molar-refractivity contribution >= 4 is 11.8 Å². The van der Waals surface area contributed by atoms with E-state index in [9.17, 15) is 9.59 Å². The van der Waals surface area contributed by atoms with E-state index in [1.54, 1.807) is 0 Å². The highest BCUT2D eigenvalue weighted by Crippen LogP contribution is 2.20. The van der Waals surface area contributed by atoms with Gasteiger partial charge in [0.25, 0.3) is 0 Å². The number of ether oxygens (including phenoxy) is 1. The number of rotatable bonds is 7. The molecule has 0 spiro atoms. The van der Waals surface area contributed by atoms with E-state index in [0.717, 1.165) is 52.4 Å². The standard InChI is InChI=1S/C20H33N3O3/c24-19-7-6-18(16-23(19)11-10-22-12-14-26-15-13-22)20(25)21-9-8-17-4-2-1-3-5-17/h4,18H,1-3,5-16H2,(H,21,25). The molecule has 0 aromatic carbocycles. The third-order valence-corrected chi connectivity index (χ3v) is 5.79. The first kappa shape index (κ1) is 19.4. The third-order valence-electron chi connectivity index (χ3n) is 5.79. The molecule has 0 saturated carbocycles. The highest BCUT2D eigenvalue weighted by Gasteiger charge is 2.30. The van der Waals surface area contributed by atoms with Gasteiger partial charge in [-0.05, 0) is 38.5 Å². The summed E-state index contributed by atoms with van der Waals surface area (Å²) in [5.74, 6) is 0.248. The van der Waals surface area contributed by atoms with Gasteiger partial charge in [0.2, 0.25) is 11.8 Å². The van der Waals surface area contributed by atoms with Crippen molar-refractivity contribution in [2.75, 3.05) is 52.5 Å². The molecule has 2 saturated heterocycles. The summed E-state index contributed by atoms with van der Waals surface area (Å²) in [6.45, 7) is 6.29. The second kappa shape index (κ2) is 10.1. The molecule has 1 unspecified atom stereocenters. The van der Waals surface area contributed by atoms with Gasteiger partial charge in [-0.1, -0.05) is 11.6 Å². The number of allylic oxidation sites excluding steroid dienone is 1. The van der Waals surface area contributed by atoms with Crippen molar-refractivity contribution in [2.45, 2.75) is 44.9 Å². The maximum atomic E-state index is 12.5. The van der Waals surface area contributed by atoms with E-state index >= 15 is 0 Å². The topological polar surface area (TPSA) is 61.9 Å². The summed E-state index contributed by atoms with van der Waals surface area (Å²) in [7, 11) is 0. The summed E-state index contributed by atoms with van der Waals surface area (Å²) in [4.78, 5) is 28.9. The molecular formula is C20H33N3O3. The lowest BCUT2D eigenvalue weighted by atomic mass is 9.95. The zero-order valence-electron chi connectivity index (χ0n) is 15.9. The molecule has 3 rings (SSSR count). The largest absolute Gasteiger partial charge is 0.379 e. The molecule has 146 valence electrons. The van der Waals surface area contributed by atoms with Crippen LogP contribution in [0.4, 0.5) is 0 Å². The van der Waals surface area contributed by atoms with Crippen LogP contribution >= 0.6 is 0 Å². The van der Waals surface area contributed by atoms with Gasteiger partial charge in [0, 0.05) is 45.7 Å². The molecule has 0 aromatic heterocycles. The van der Waals surface area contributed by atoms with E-state index in [1.807, 2.05) is 4.90 Å². The second-order valence-corrected chi connectivity index (χ2v) is 7.68. The van der Waals surface area contributed by atoms with Gasteiger partial charge in [-0.2, -0.15) is 0 Å². The minimum absolute atomic E-state index is 0.0577. The second-order valence-electron chi connectivity index (χ2n) is 7.68. The fourth-order valence-corrected chi connectivity index (χ4v) is 4.05. The fourth-order valence-electron chi connectivity index (χ4n) is 4.05. The van der Waals surface area contributed by atoms with Crippen LogP contribution in [0.5, 0.6) is 0 Å². The average molecular weight is 364 g/mol. The van der Waals surface area contributed by atoms with Crippen LogP contribution in [-0.2, 0) is 14.3 Å². The Morgan fingerprint density at radius 1 is 1.19 bits per heavy atom. The maximum Gasteiger partial charge on any atom is 0.224 e. The monoisotopic (exact) mass is 363 g/mol. The Morgan fingerprint density at radius 3 is 2.81 bits per heavy atom. The van der Waals surface area contributed by atoms with E-state index in [-0.39, 0.29) is 17.7 Å². The molecule has 2 amide bonds. The van der Waals surface area contributed by atoms with Gasteiger partial charge in [-0.3, -0.25) is 14.5 Å². The number of likely N-dealkylation sites (tertiary alicyclic amines) is 1. The van der Waals surface area contributed by atoms with Crippen LogP contribution in [0.2, 0.25) is 0 Å². The van der Waals surface area contributed by atoms with Gasteiger partial charge >= 0.3 is 0 Å². The van der Waals surface area contributed by atoms with Gasteiger partial charge in [-0.25, -0.2) is 0 Å². The third kappa shape index (κ3) is 5.81. The molecule has 0 radical (unpaired) electrons. The molecule has 2 fully saturated rings. The van der Waals surface area contributed by atoms with Gasteiger partial charge in [-0.15, -0.1) is 0 Å². The van der Waals surface area contributed by atoms with Crippen LogP contribution in [0.25, 0.3) is 0 Å². The molecular weight excluding hydrogens is 330 g/mol. The first-order valence-electron chi connectivity index (χ1n) is 10.3. The molecule has 2 heterocycles. The van der Waals surface area contributed by atoms with Crippen LogP contribution in [0, 0.1) is 5.92 Å². The van der Waals surface area contributed by atoms with E-state index in [0.29, 0.717) is 19.4 Å². The van der Waals surface area contributed by atoms with Crippen molar-refractivity contribution in [1.29, 1.82) is 0 Å². The number of carbonyl (C=O) groups is 2. The normalized spacial score (nSPS) is 25.1. The SMILES string of the molecule is O=C(NCCC1=CCCCC1)C1CCC(=O)N(CCN2CCOCC2)C1. The minimum Gasteiger partial charge on any atom is -0.379 e. The summed E-state index contributed by atoms with van der Waals surface area (Å²) < 4.78 is 5.36. The number of amides is 2. The predicted octanol–water partition coefficient (Wildman–Crippen LogP) is 1.56. The zero-order valence-corrected chi connectivity index (χ0v) is 15.9. The first-order valence-corrected chi connectivity index (χ1v) is 10.3. The molecule has 26 heavy (non-hydrogen) atoms. The first-order chi connectivity index (χ1) is 12.7. The van der Waals surface area contributed by atoms with Gasteiger partial charge in [0.1, 0.15) is 0 Å². The van der Waals surface area contributed by atoms with E-state index in [2.05, 4.69) is 16.3 Å². The molecule has 6 nitrogen and oxygen atoms in total. The number of carbonyl (C=O) groups excluding carboxylic acids is 2. The highest BCUT2D eigenvalue weighted by molar-refractivity contribution is 5.83. The smallest absolute Gasteiger partial charge is 0.224 e. The van der Waals surface area contributed by atoms with Crippen LogP contribution in [0.3, 0.4) is 0 Å². The lowest BCUT2D eigenvalue weighted by Crippen LogP contribution is -2.49. The van der Waals surface area contributed by atoms with Gasteiger partial charge in [0.15, 0.2) is 0 Å². The molecule has 2 aliphatic heterocycles. The Balaban J connectivity index is 1.39. The fraction of sp³-hybridized carbons (Fsp3) is 0.800. The Hall–Kier alpha value is -1.40. The average Bonchev–Trinajstić information content (AvgIpc) is 2.69. The summed E-state index contributed by atoms with van der Waals surface area (Å²) in [5.41, 5.74) is 1.49. The van der Waals surface area contributed by atoms with Crippen LogP contribution < -0.4 is 5.32 Å². The minimum atomic E-state index is -0.0577. The summed E-state index contributed by atoms with van der Waals surface area (Å²) in [5, 5.41) is 3.10. The quantitative estimate of drug-likeness (QED) is 0.698. The number of nitrogens with one attached hydrogen (secondary N) is 1. The Kier molecular flexibility index (Phi) is 7.50. The Labute approximate surface area is 156 Å². The highest BCUT2D eigenvalue weighted by atomic mass is 16.5. The van der Waals surface area contributed by atoms with E-state index in [1.165, 1.54) is 31.3 Å². The molecule has 1 aliphatic carbocycles. The number of morpholine rings is 1. The van der Waals surface area contributed by atoms with Crippen LogP contribution in [0.15, 0.2) is 11.6 Å². The van der Waals surface area contributed by atoms with Crippen LogP contribution in [-0.4, -0.2) is 74.1 Å². The van der Waals surface area contributed by atoms with Crippen molar-refractivity contribution in [2.24, 2.45) is 5.92 Å². The van der Waals surface area contributed by atoms with Crippen molar-refractivity contribution in [1.82, 2.24) is 15.1 Å². The molecule has 6 heteroatoms. The maximum absolute atomic E-state index is 12.5. The molecule has 1 N–H and O–H groups in total. The van der Waals surface area contributed by atoms with Crippen molar-refractivity contribution < 1.29 is 14.3 Å². The lowest BCUT2D eigenvalue weighted by molar-refractivity contribution is -0.138. The number of hydrogen-bond donors (Lipinski definition) is 1. The van der Waals surface area contributed by atoms with Crippen molar-refractivity contribution in [3.8, 4) is 0 Å². The van der Waals surface area contributed by atoms with Crippen molar-refractivity contribution in [3.05, 3.63) is 11.6 Å².